The predicted molar refractivity (Wildman–Crippen MR) is 78.7 cm³/mol. The maximum absolute atomic E-state index is 12.0. The first kappa shape index (κ1) is 15.0. The Morgan fingerprint density at radius 2 is 1.90 bits per heavy atom. The van der Waals surface area contributed by atoms with Gasteiger partial charge in [0.1, 0.15) is 5.75 Å². The molecule has 2 aromatic carbocycles. The molecule has 5 nitrogen and oxygen atoms in total. The highest BCUT2D eigenvalue weighted by molar-refractivity contribution is 7.88. The molecule has 0 unspecified atom stereocenters. The Kier molecular flexibility index (Phi) is 4.58. The van der Waals surface area contributed by atoms with Crippen molar-refractivity contribution in [1.82, 2.24) is 4.72 Å². The number of aromatic hydroxyl groups is 1. The molecule has 0 aromatic heterocycles. The van der Waals surface area contributed by atoms with Crippen molar-refractivity contribution in [3.8, 4) is 11.8 Å². The van der Waals surface area contributed by atoms with Crippen molar-refractivity contribution in [2.45, 2.75) is 12.3 Å². The number of benzene rings is 2. The second-order valence-electron chi connectivity index (χ2n) is 4.52. The van der Waals surface area contributed by atoms with Gasteiger partial charge < -0.3 is 5.11 Å². The number of nitriles is 1. The minimum absolute atomic E-state index is 0.0847. The van der Waals surface area contributed by atoms with Crippen molar-refractivity contribution in [2.24, 2.45) is 0 Å². The third-order valence-electron chi connectivity index (χ3n) is 2.89. The summed E-state index contributed by atoms with van der Waals surface area (Å²) < 4.78 is 26.5. The molecule has 2 rings (SSSR count). The fourth-order valence-electron chi connectivity index (χ4n) is 1.87. The van der Waals surface area contributed by atoms with E-state index < -0.39 is 10.0 Å². The van der Waals surface area contributed by atoms with Crippen LogP contribution in [0.3, 0.4) is 0 Å². The summed E-state index contributed by atoms with van der Waals surface area (Å²) in [7, 11) is -3.56. The highest BCUT2D eigenvalue weighted by Gasteiger charge is 2.14. The Bertz CT molecular complexity index is 780. The van der Waals surface area contributed by atoms with E-state index in [1.54, 1.807) is 36.4 Å². The summed E-state index contributed by atoms with van der Waals surface area (Å²) in [5, 5.41) is 18.3. The van der Waals surface area contributed by atoms with E-state index in [4.69, 9.17) is 5.26 Å². The monoisotopic (exact) mass is 302 g/mol. The molecular formula is C15H14N2O3S. The molecule has 0 saturated heterocycles. The van der Waals surface area contributed by atoms with E-state index in [0.29, 0.717) is 16.7 Å². The number of nitrogens with zero attached hydrogens (tertiary/aromatic N) is 1. The lowest BCUT2D eigenvalue weighted by molar-refractivity contribution is 0.474. The maximum Gasteiger partial charge on any atom is 0.216 e. The van der Waals surface area contributed by atoms with Gasteiger partial charge in [-0.05, 0) is 29.3 Å². The molecule has 0 aliphatic carbocycles. The van der Waals surface area contributed by atoms with Gasteiger partial charge in [-0.3, -0.25) is 0 Å². The van der Waals surface area contributed by atoms with Crippen LogP contribution in [-0.4, -0.2) is 13.5 Å². The summed E-state index contributed by atoms with van der Waals surface area (Å²) >= 11 is 0. The van der Waals surface area contributed by atoms with Gasteiger partial charge in [0, 0.05) is 6.54 Å². The van der Waals surface area contributed by atoms with Crippen molar-refractivity contribution in [3.05, 3.63) is 65.2 Å². The van der Waals surface area contributed by atoms with E-state index in [0.717, 1.165) is 0 Å². The highest BCUT2D eigenvalue weighted by Crippen LogP contribution is 2.13. The van der Waals surface area contributed by atoms with Crippen LogP contribution < -0.4 is 4.72 Å². The SMILES string of the molecule is N#Cc1ccccc1CS(=O)(=O)NCc1cccc(O)c1. The Balaban J connectivity index is 2.07. The first-order valence-corrected chi connectivity index (χ1v) is 7.88. The van der Waals surface area contributed by atoms with Gasteiger partial charge in [0.05, 0.1) is 17.4 Å². The van der Waals surface area contributed by atoms with Gasteiger partial charge in [-0.15, -0.1) is 0 Å². The lowest BCUT2D eigenvalue weighted by Crippen LogP contribution is -2.25. The molecule has 0 fully saturated rings. The highest BCUT2D eigenvalue weighted by atomic mass is 32.2. The van der Waals surface area contributed by atoms with Gasteiger partial charge in [-0.1, -0.05) is 30.3 Å². The standard InChI is InChI=1S/C15H14N2O3S/c16-9-13-5-1-2-6-14(13)11-21(19,20)17-10-12-4-3-7-15(18)8-12/h1-8,17-18H,10-11H2. The van der Waals surface area contributed by atoms with Crippen LogP contribution in [0.25, 0.3) is 0 Å². The van der Waals surface area contributed by atoms with Crippen LogP contribution in [0.2, 0.25) is 0 Å². The maximum atomic E-state index is 12.0. The van der Waals surface area contributed by atoms with Crippen LogP contribution >= 0.6 is 0 Å². The Morgan fingerprint density at radius 3 is 2.62 bits per heavy atom. The lowest BCUT2D eigenvalue weighted by atomic mass is 10.1. The largest absolute Gasteiger partial charge is 0.508 e. The van der Waals surface area contributed by atoms with Crippen LogP contribution in [0.15, 0.2) is 48.5 Å². The fourth-order valence-corrected chi connectivity index (χ4v) is 3.02. The summed E-state index contributed by atoms with van der Waals surface area (Å²) in [5.74, 6) is -0.170. The molecular weight excluding hydrogens is 288 g/mol. The quantitative estimate of drug-likeness (QED) is 0.882. The average molecular weight is 302 g/mol. The van der Waals surface area contributed by atoms with Gasteiger partial charge in [-0.25, -0.2) is 13.1 Å². The number of hydrogen-bond donors (Lipinski definition) is 2. The van der Waals surface area contributed by atoms with Gasteiger partial charge in [0.15, 0.2) is 0 Å². The van der Waals surface area contributed by atoms with Crippen LogP contribution in [-0.2, 0) is 22.3 Å². The average Bonchev–Trinajstić information content (AvgIpc) is 2.46. The van der Waals surface area contributed by atoms with Gasteiger partial charge in [-0.2, -0.15) is 5.26 Å². The van der Waals surface area contributed by atoms with Crippen LogP contribution in [0.1, 0.15) is 16.7 Å². The number of hydrogen-bond acceptors (Lipinski definition) is 4. The first-order chi connectivity index (χ1) is 10.00. The second-order valence-corrected chi connectivity index (χ2v) is 6.33. The number of phenols is 1. The molecule has 21 heavy (non-hydrogen) atoms. The molecule has 0 aliphatic rings. The summed E-state index contributed by atoms with van der Waals surface area (Å²) in [4.78, 5) is 0. The summed E-state index contributed by atoms with van der Waals surface area (Å²) in [5.41, 5.74) is 1.47. The minimum atomic E-state index is -3.56. The third kappa shape index (κ3) is 4.31. The van der Waals surface area contributed by atoms with Gasteiger partial charge >= 0.3 is 0 Å². The van der Waals surface area contributed by atoms with E-state index in [-0.39, 0.29) is 18.0 Å². The summed E-state index contributed by atoms with van der Waals surface area (Å²) in [6, 6.07) is 14.9. The Labute approximate surface area is 123 Å². The molecule has 108 valence electrons. The third-order valence-corrected chi connectivity index (χ3v) is 4.17. The van der Waals surface area contributed by atoms with E-state index in [2.05, 4.69) is 4.72 Å². The van der Waals surface area contributed by atoms with Crippen LogP contribution in [0.4, 0.5) is 0 Å². The van der Waals surface area contributed by atoms with Crippen molar-refractivity contribution in [3.63, 3.8) is 0 Å². The molecule has 0 spiro atoms. The fraction of sp³-hybridized carbons (Fsp3) is 0.133. The van der Waals surface area contributed by atoms with Gasteiger partial charge in [0.25, 0.3) is 0 Å². The normalized spacial score (nSPS) is 11.0. The van der Waals surface area contributed by atoms with Crippen molar-refractivity contribution in [2.75, 3.05) is 0 Å². The number of sulfonamides is 1. The predicted octanol–water partition coefficient (Wildman–Crippen LogP) is 1.88. The first-order valence-electron chi connectivity index (χ1n) is 6.23. The number of rotatable bonds is 5. The molecule has 6 heteroatoms. The molecule has 2 N–H and O–H groups in total. The number of nitrogens with one attached hydrogen (secondary N) is 1. The molecule has 0 amide bonds. The van der Waals surface area contributed by atoms with Gasteiger partial charge in [0.2, 0.25) is 10.0 Å². The Hall–Kier alpha value is -2.36. The van der Waals surface area contributed by atoms with Crippen molar-refractivity contribution >= 4 is 10.0 Å². The van der Waals surface area contributed by atoms with E-state index in [1.807, 2.05) is 6.07 Å². The number of phenolic OH excluding ortho intramolecular Hbond substituents is 1. The molecule has 0 aliphatic heterocycles. The van der Waals surface area contributed by atoms with Crippen LogP contribution in [0, 0.1) is 11.3 Å². The molecule has 2 aromatic rings. The summed E-state index contributed by atoms with van der Waals surface area (Å²) in [6.45, 7) is 0.0887. The van der Waals surface area contributed by atoms with E-state index >= 15 is 0 Å². The Morgan fingerprint density at radius 1 is 1.14 bits per heavy atom. The minimum Gasteiger partial charge on any atom is -0.508 e. The zero-order valence-electron chi connectivity index (χ0n) is 11.2. The summed E-state index contributed by atoms with van der Waals surface area (Å²) in [6.07, 6.45) is 0. The topological polar surface area (TPSA) is 90.2 Å². The molecule has 0 radical (unpaired) electrons. The zero-order valence-corrected chi connectivity index (χ0v) is 12.0. The lowest BCUT2D eigenvalue weighted by Gasteiger charge is -2.08. The molecule has 0 heterocycles. The molecule has 0 bridgehead atoms. The van der Waals surface area contributed by atoms with Crippen molar-refractivity contribution < 1.29 is 13.5 Å². The molecule has 0 atom stereocenters. The zero-order chi connectivity index (χ0) is 15.3. The van der Waals surface area contributed by atoms with E-state index in [9.17, 15) is 13.5 Å². The smallest absolute Gasteiger partial charge is 0.216 e. The van der Waals surface area contributed by atoms with Crippen molar-refractivity contribution in [1.29, 1.82) is 5.26 Å². The van der Waals surface area contributed by atoms with E-state index in [1.165, 1.54) is 12.1 Å². The molecule has 0 saturated carbocycles. The second kappa shape index (κ2) is 6.39. The van der Waals surface area contributed by atoms with Crippen LogP contribution in [0.5, 0.6) is 5.75 Å².